The Morgan fingerprint density at radius 2 is 2.05 bits per heavy atom. The maximum atomic E-state index is 12.1. The minimum absolute atomic E-state index is 0.0702. The summed E-state index contributed by atoms with van der Waals surface area (Å²) >= 11 is 0. The van der Waals surface area contributed by atoms with Gasteiger partial charge >= 0.3 is 5.97 Å². The Labute approximate surface area is 115 Å². The van der Waals surface area contributed by atoms with Crippen LogP contribution in [0.5, 0.6) is 0 Å². The van der Waals surface area contributed by atoms with E-state index in [1.165, 1.54) is 4.31 Å². The maximum Gasteiger partial charge on any atom is 0.307 e. The predicted octanol–water partition coefficient (Wildman–Crippen LogP) is 0.910. The number of carboxylic acids is 1. The second-order valence-electron chi connectivity index (χ2n) is 5.61. The lowest BCUT2D eigenvalue weighted by molar-refractivity contribution is -0.142. The third-order valence-corrected chi connectivity index (χ3v) is 5.34. The summed E-state index contributed by atoms with van der Waals surface area (Å²) in [6.45, 7) is 6.92. The van der Waals surface area contributed by atoms with Crippen LogP contribution in [0.2, 0.25) is 0 Å². The number of carbonyl (C=O) groups is 1. The zero-order chi connectivity index (χ0) is 14.6. The molecule has 2 N–H and O–H groups in total. The lowest BCUT2D eigenvalue weighted by Gasteiger charge is -2.30. The van der Waals surface area contributed by atoms with Gasteiger partial charge in [0, 0.05) is 19.6 Å². The van der Waals surface area contributed by atoms with Gasteiger partial charge in [0.25, 0.3) is 10.2 Å². The van der Waals surface area contributed by atoms with Gasteiger partial charge in [-0.15, -0.1) is 0 Å². The van der Waals surface area contributed by atoms with Gasteiger partial charge in [-0.2, -0.15) is 12.7 Å². The first-order valence-corrected chi connectivity index (χ1v) is 8.15. The Bertz CT molecular complexity index is 408. The molecule has 112 valence electrons. The summed E-state index contributed by atoms with van der Waals surface area (Å²) < 4.78 is 28.0. The molecule has 1 aliphatic rings. The lowest BCUT2D eigenvalue weighted by Crippen LogP contribution is -2.48. The van der Waals surface area contributed by atoms with Crippen molar-refractivity contribution in [3.8, 4) is 0 Å². The molecule has 0 aliphatic carbocycles. The third kappa shape index (κ3) is 4.74. The van der Waals surface area contributed by atoms with Gasteiger partial charge in [-0.3, -0.25) is 4.79 Å². The van der Waals surface area contributed by atoms with Gasteiger partial charge in [0.15, 0.2) is 0 Å². The van der Waals surface area contributed by atoms with E-state index in [9.17, 15) is 13.2 Å². The van der Waals surface area contributed by atoms with Crippen LogP contribution >= 0.6 is 0 Å². The molecule has 19 heavy (non-hydrogen) atoms. The summed E-state index contributed by atoms with van der Waals surface area (Å²) in [4.78, 5) is 10.9. The fourth-order valence-corrected chi connectivity index (χ4v) is 3.33. The fraction of sp³-hybridized carbons (Fsp3) is 0.917. The van der Waals surface area contributed by atoms with Gasteiger partial charge in [-0.05, 0) is 24.7 Å². The Morgan fingerprint density at radius 3 is 2.58 bits per heavy atom. The molecule has 6 nitrogen and oxygen atoms in total. The Hall–Kier alpha value is -0.660. The summed E-state index contributed by atoms with van der Waals surface area (Å²) in [7, 11) is -3.56. The van der Waals surface area contributed by atoms with E-state index in [0.29, 0.717) is 31.8 Å². The van der Waals surface area contributed by atoms with Crippen LogP contribution < -0.4 is 4.72 Å². The molecule has 0 aromatic heterocycles. The van der Waals surface area contributed by atoms with Crippen molar-refractivity contribution >= 4 is 16.2 Å². The summed E-state index contributed by atoms with van der Waals surface area (Å²) in [6.07, 6.45) is 1.14. The van der Waals surface area contributed by atoms with Crippen molar-refractivity contribution in [3.05, 3.63) is 0 Å². The molecule has 1 rings (SSSR count). The average Bonchev–Trinajstić information content (AvgIpc) is 2.36. The Morgan fingerprint density at radius 1 is 1.42 bits per heavy atom. The van der Waals surface area contributed by atoms with E-state index in [1.54, 1.807) is 0 Å². The highest BCUT2D eigenvalue weighted by molar-refractivity contribution is 7.87. The van der Waals surface area contributed by atoms with Crippen LogP contribution in [0, 0.1) is 17.8 Å². The van der Waals surface area contributed by atoms with Crippen molar-refractivity contribution in [1.82, 2.24) is 9.03 Å². The molecule has 2 unspecified atom stereocenters. The Kier molecular flexibility index (Phi) is 5.76. The standard InChI is InChI=1S/C12H24N2O4S/c1-9(2)10(3)7-13-19(17,18)14-6-4-5-11(8-14)12(15)16/h9-11,13H,4-8H2,1-3H3,(H,15,16). The van der Waals surface area contributed by atoms with Gasteiger partial charge in [0.2, 0.25) is 0 Å². The van der Waals surface area contributed by atoms with Crippen LogP contribution in [0.3, 0.4) is 0 Å². The first-order valence-electron chi connectivity index (χ1n) is 6.71. The molecule has 0 aromatic rings. The second kappa shape index (κ2) is 6.67. The molecule has 1 fully saturated rings. The monoisotopic (exact) mass is 292 g/mol. The molecule has 1 heterocycles. The molecule has 0 aromatic carbocycles. The zero-order valence-corrected chi connectivity index (χ0v) is 12.6. The van der Waals surface area contributed by atoms with E-state index in [1.807, 2.05) is 20.8 Å². The van der Waals surface area contributed by atoms with Crippen molar-refractivity contribution < 1.29 is 18.3 Å². The van der Waals surface area contributed by atoms with Crippen molar-refractivity contribution in [2.75, 3.05) is 19.6 Å². The number of rotatable bonds is 6. The minimum atomic E-state index is -3.56. The highest BCUT2D eigenvalue weighted by Gasteiger charge is 2.32. The lowest BCUT2D eigenvalue weighted by atomic mass is 9.99. The van der Waals surface area contributed by atoms with Gasteiger partial charge in [-0.1, -0.05) is 20.8 Å². The van der Waals surface area contributed by atoms with Crippen molar-refractivity contribution in [2.24, 2.45) is 17.8 Å². The number of nitrogens with one attached hydrogen (secondary N) is 1. The molecular formula is C12H24N2O4S. The molecular weight excluding hydrogens is 268 g/mol. The highest BCUT2D eigenvalue weighted by Crippen LogP contribution is 2.19. The molecule has 7 heteroatoms. The van der Waals surface area contributed by atoms with Gasteiger partial charge in [0.05, 0.1) is 5.92 Å². The number of hydrogen-bond acceptors (Lipinski definition) is 3. The van der Waals surface area contributed by atoms with Crippen molar-refractivity contribution in [3.63, 3.8) is 0 Å². The molecule has 1 saturated heterocycles. The molecule has 0 amide bonds. The predicted molar refractivity (Wildman–Crippen MR) is 72.9 cm³/mol. The summed E-state index contributed by atoms with van der Waals surface area (Å²) in [5.41, 5.74) is 0. The molecule has 0 saturated carbocycles. The first kappa shape index (κ1) is 16.4. The molecule has 1 aliphatic heterocycles. The smallest absolute Gasteiger partial charge is 0.307 e. The third-order valence-electron chi connectivity index (χ3n) is 3.80. The van der Waals surface area contributed by atoms with E-state index in [2.05, 4.69) is 4.72 Å². The number of hydrogen-bond donors (Lipinski definition) is 2. The number of piperidine rings is 1. The van der Waals surface area contributed by atoms with Crippen LogP contribution in [0.25, 0.3) is 0 Å². The molecule has 2 atom stereocenters. The number of aliphatic carboxylic acids is 1. The second-order valence-corrected chi connectivity index (χ2v) is 7.37. The van der Waals surface area contributed by atoms with E-state index in [-0.39, 0.29) is 12.5 Å². The van der Waals surface area contributed by atoms with Crippen LogP contribution in [0.1, 0.15) is 33.6 Å². The maximum absolute atomic E-state index is 12.1. The van der Waals surface area contributed by atoms with Crippen molar-refractivity contribution in [1.29, 1.82) is 0 Å². The summed E-state index contributed by atoms with van der Waals surface area (Å²) in [5, 5.41) is 8.97. The first-order chi connectivity index (χ1) is 8.74. The van der Waals surface area contributed by atoms with Crippen LogP contribution in [-0.2, 0) is 15.0 Å². The SMILES string of the molecule is CC(C)C(C)CNS(=O)(=O)N1CCCC(C(=O)O)C1. The molecule has 0 radical (unpaired) electrons. The topological polar surface area (TPSA) is 86.7 Å². The van der Waals surface area contributed by atoms with E-state index < -0.39 is 22.1 Å². The van der Waals surface area contributed by atoms with Gasteiger partial charge in [0.1, 0.15) is 0 Å². The summed E-state index contributed by atoms with van der Waals surface area (Å²) in [5.74, 6) is -0.867. The summed E-state index contributed by atoms with van der Waals surface area (Å²) in [6, 6.07) is 0. The van der Waals surface area contributed by atoms with Crippen LogP contribution in [0.15, 0.2) is 0 Å². The quantitative estimate of drug-likeness (QED) is 0.762. The molecule has 0 spiro atoms. The zero-order valence-electron chi connectivity index (χ0n) is 11.8. The van der Waals surface area contributed by atoms with E-state index in [0.717, 1.165) is 0 Å². The van der Waals surface area contributed by atoms with Gasteiger partial charge in [-0.25, -0.2) is 4.72 Å². The fourth-order valence-electron chi connectivity index (χ4n) is 1.93. The Balaban J connectivity index is 2.59. The normalized spacial score (nSPS) is 23.5. The number of nitrogens with zero attached hydrogens (tertiary/aromatic N) is 1. The molecule has 0 bridgehead atoms. The van der Waals surface area contributed by atoms with Crippen molar-refractivity contribution in [2.45, 2.75) is 33.6 Å². The largest absolute Gasteiger partial charge is 0.481 e. The van der Waals surface area contributed by atoms with Gasteiger partial charge < -0.3 is 5.11 Å². The highest BCUT2D eigenvalue weighted by atomic mass is 32.2. The van der Waals surface area contributed by atoms with E-state index >= 15 is 0 Å². The van der Waals surface area contributed by atoms with Crippen LogP contribution in [0.4, 0.5) is 0 Å². The number of carboxylic acid groups (broad SMARTS) is 1. The minimum Gasteiger partial charge on any atom is -0.481 e. The van der Waals surface area contributed by atoms with E-state index in [4.69, 9.17) is 5.11 Å². The average molecular weight is 292 g/mol. The van der Waals surface area contributed by atoms with Crippen LogP contribution in [-0.4, -0.2) is 43.4 Å².